The Hall–Kier alpha value is -1.16. The number of nitrogens with zero attached hydrogens (tertiary/aromatic N) is 4. The van der Waals surface area contributed by atoms with Crippen molar-refractivity contribution in [1.82, 2.24) is 14.8 Å². The number of hydrogen-bond acceptors (Lipinski definition) is 6. The number of fused-ring (bicyclic) bond motifs is 1. The van der Waals surface area contributed by atoms with Crippen LogP contribution in [0.5, 0.6) is 0 Å². The minimum absolute atomic E-state index is 0.0608. The van der Waals surface area contributed by atoms with E-state index in [1.807, 2.05) is 12.3 Å². The topological polar surface area (TPSA) is 77.3 Å². The van der Waals surface area contributed by atoms with Crippen molar-refractivity contribution in [2.24, 2.45) is 11.3 Å². The van der Waals surface area contributed by atoms with Gasteiger partial charge < -0.3 is 9.33 Å². The van der Waals surface area contributed by atoms with Gasteiger partial charge >= 0.3 is 0 Å². The van der Waals surface area contributed by atoms with Gasteiger partial charge in [0.15, 0.2) is 14.1 Å². The molecule has 4 rings (SSSR count). The summed E-state index contributed by atoms with van der Waals surface area (Å²) < 4.78 is 32.5. The minimum atomic E-state index is -3.00. The van der Waals surface area contributed by atoms with Crippen LogP contribution in [0.1, 0.15) is 52.9 Å². The van der Waals surface area contributed by atoms with Crippen molar-refractivity contribution in [3.63, 3.8) is 0 Å². The molecule has 0 unspecified atom stereocenters. The summed E-state index contributed by atoms with van der Waals surface area (Å²) in [5.41, 5.74) is 1.05. The number of hydrogen-bond donors (Lipinski definition) is 0. The Kier molecular flexibility index (Phi) is 7.39. The molecule has 3 heterocycles. The van der Waals surface area contributed by atoms with Crippen molar-refractivity contribution in [3.8, 4) is 0 Å². The van der Waals surface area contributed by atoms with Crippen LogP contribution in [0.3, 0.4) is 0 Å². The van der Waals surface area contributed by atoms with Crippen molar-refractivity contribution >= 4 is 46.5 Å². The van der Waals surface area contributed by atoms with Gasteiger partial charge in [-0.2, -0.15) is 5.10 Å². The van der Waals surface area contributed by atoms with Crippen LogP contribution in [-0.4, -0.2) is 63.2 Å². The van der Waals surface area contributed by atoms with E-state index < -0.39 is 18.2 Å². The highest BCUT2D eigenvalue weighted by Gasteiger charge is 2.42. The normalized spacial score (nSPS) is 21.3. The van der Waals surface area contributed by atoms with Gasteiger partial charge in [0.05, 0.1) is 16.7 Å². The fourth-order valence-electron chi connectivity index (χ4n) is 5.31. The molecule has 0 amide bonds. The van der Waals surface area contributed by atoms with Gasteiger partial charge in [0.1, 0.15) is 15.0 Å². The van der Waals surface area contributed by atoms with Gasteiger partial charge in [0, 0.05) is 50.2 Å². The van der Waals surface area contributed by atoms with E-state index in [2.05, 4.69) is 48.4 Å². The number of aromatic nitrogens is 3. The summed E-state index contributed by atoms with van der Waals surface area (Å²) in [5.74, 6) is 1.24. The van der Waals surface area contributed by atoms with E-state index >= 15 is 0 Å². The maximum Gasteiger partial charge on any atom is 0.192 e. The summed E-state index contributed by atoms with van der Waals surface area (Å²) >= 11 is 6.33. The minimum Gasteiger partial charge on any atom is -0.416 e. The fourth-order valence-corrected chi connectivity index (χ4v) is 7.69. The van der Waals surface area contributed by atoms with E-state index in [0.717, 1.165) is 55.7 Å². The van der Waals surface area contributed by atoms with Crippen molar-refractivity contribution in [2.45, 2.75) is 77.6 Å². The molecule has 35 heavy (non-hydrogen) atoms. The molecule has 1 aliphatic carbocycles. The van der Waals surface area contributed by atoms with Gasteiger partial charge in [-0.1, -0.05) is 45.2 Å². The molecule has 2 aromatic rings. The predicted molar refractivity (Wildman–Crippen MR) is 147 cm³/mol. The lowest BCUT2D eigenvalue weighted by Crippen LogP contribution is -2.44. The average molecular weight is 541 g/mol. The molecular formula is C25H41ClN4O3SSi. The predicted octanol–water partition coefficient (Wildman–Crippen LogP) is 5.54. The Bertz CT molecular complexity index is 1170. The smallest absolute Gasteiger partial charge is 0.192 e. The van der Waals surface area contributed by atoms with E-state index in [-0.39, 0.29) is 22.1 Å². The van der Waals surface area contributed by atoms with Crippen LogP contribution < -0.4 is 4.90 Å². The first-order valence-electron chi connectivity index (χ1n) is 12.8. The number of pyridine rings is 1. The third-order valence-corrected chi connectivity index (χ3v) is 14.2. The molecule has 2 fully saturated rings. The van der Waals surface area contributed by atoms with Crippen molar-refractivity contribution < 1.29 is 12.8 Å². The lowest BCUT2D eigenvalue weighted by molar-refractivity contribution is 0.114. The Morgan fingerprint density at radius 2 is 1.94 bits per heavy atom. The van der Waals surface area contributed by atoms with Gasteiger partial charge in [0.25, 0.3) is 0 Å². The lowest BCUT2D eigenvalue weighted by atomic mass is 9.87. The zero-order valence-corrected chi connectivity index (χ0v) is 24.7. The molecule has 0 N–H and O–H groups in total. The van der Waals surface area contributed by atoms with Crippen LogP contribution in [0.2, 0.25) is 23.3 Å². The van der Waals surface area contributed by atoms with Crippen LogP contribution in [0, 0.1) is 11.3 Å². The highest BCUT2D eigenvalue weighted by molar-refractivity contribution is 7.90. The first-order valence-corrected chi connectivity index (χ1v) is 18.1. The summed E-state index contributed by atoms with van der Waals surface area (Å²) in [6.07, 6.45) is 8.69. The zero-order chi connectivity index (χ0) is 25.6. The first kappa shape index (κ1) is 26.9. The third kappa shape index (κ3) is 6.05. The van der Waals surface area contributed by atoms with Crippen LogP contribution in [0.25, 0.3) is 10.9 Å². The monoisotopic (exact) mass is 540 g/mol. The molecule has 0 radical (unpaired) electrons. The summed E-state index contributed by atoms with van der Waals surface area (Å²) in [4.78, 5) is 6.57. The number of anilines is 1. The molecule has 1 saturated heterocycles. The van der Waals surface area contributed by atoms with Crippen LogP contribution in [0.4, 0.5) is 5.82 Å². The maximum absolute atomic E-state index is 11.8. The molecule has 7 nitrogen and oxygen atoms in total. The standard InChI is InChI=1S/C25H41ClN4O3SSi/c1-24(2,3)35(5,6)33-18-25(10-7-8-11-25)17-30-21-13-22(26)27-14-20(21)23(28-30)29-12-9-19(15-29)16-34(4,31)32/h13-14,19H,7-12,15-18H2,1-6H3/t19-/m0/s1. The maximum atomic E-state index is 11.8. The van der Waals surface area contributed by atoms with E-state index in [1.54, 1.807) is 0 Å². The molecule has 0 spiro atoms. The Balaban J connectivity index is 1.62. The summed E-state index contributed by atoms with van der Waals surface area (Å²) in [6, 6.07) is 1.91. The van der Waals surface area contributed by atoms with E-state index in [4.69, 9.17) is 21.1 Å². The molecule has 1 saturated carbocycles. The zero-order valence-electron chi connectivity index (χ0n) is 22.1. The van der Waals surface area contributed by atoms with Gasteiger partial charge in [-0.15, -0.1) is 0 Å². The molecule has 2 aliphatic rings. The second-order valence-electron chi connectivity index (χ2n) is 12.5. The van der Waals surface area contributed by atoms with Gasteiger partial charge in [-0.05, 0) is 43.3 Å². The SMILES string of the molecule is CC(C)(C)[Si](C)(C)OCC1(Cn2nc(N3CC[C@H](CS(C)(=O)=O)C3)c3cnc(Cl)cc32)CCCC1. The largest absolute Gasteiger partial charge is 0.416 e. The molecule has 2 aromatic heterocycles. The van der Waals surface area contributed by atoms with E-state index in [0.29, 0.717) is 11.7 Å². The molecule has 1 aliphatic heterocycles. The number of halogens is 1. The molecule has 196 valence electrons. The van der Waals surface area contributed by atoms with E-state index in [1.165, 1.54) is 19.1 Å². The Labute approximate surface area is 216 Å². The first-order chi connectivity index (χ1) is 16.2. The fraction of sp³-hybridized carbons (Fsp3) is 0.760. The third-order valence-electron chi connectivity index (χ3n) is 8.40. The van der Waals surface area contributed by atoms with Crippen LogP contribution in [0.15, 0.2) is 12.3 Å². The second-order valence-corrected chi connectivity index (χ2v) is 19.8. The summed E-state index contributed by atoms with van der Waals surface area (Å²) in [7, 11) is -4.86. The van der Waals surface area contributed by atoms with Gasteiger partial charge in [0.2, 0.25) is 0 Å². The highest BCUT2D eigenvalue weighted by atomic mass is 35.5. The van der Waals surface area contributed by atoms with Crippen molar-refractivity contribution in [2.75, 3.05) is 36.6 Å². The quantitative estimate of drug-likeness (QED) is 0.323. The summed E-state index contributed by atoms with van der Waals surface area (Å²) in [6.45, 7) is 14.6. The lowest BCUT2D eigenvalue weighted by Gasteiger charge is -2.40. The number of rotatable bonds is 8. The number of sulfone groups is 1. The summed E-state index contributed by atoms with van der Waals surface area (Å²) in [5, 5.41) is 6.71. The Morgan fingerprint density at radius 1 is 1.26 bits per heavy atom. The van der Waals surface area contributed by atoms with Crippen LogP contribution in [-0.2, 0) is 20.8 Å². The average Bonchev–Trinajstić information content (AvgIpc) is 3.45. The molecule has 1 atom stereocenters. The van der Waals surface area contributed by atoms with Crippen LogP contribution >= 0.6 is 11.6 Å². The van der Waals surface area contributed by atoms with Gasteiger partial charge in [-0.3, -0.25) is 4.68 Å². The van der Waals surface area contributed by atoms with E-state index in [9.17, 15) is 8.42 Å². The van der Waals surface area contributed by atoms with Crippen molar-refractivity contribution in [1.29, 1.82) is 0 Å². The van der Waals surface area contributed by atoms with Gasteiger partial charge in [-0.25, -0.2) is 13.4 Å². The van der Waals surface area contributed by atoms with Crippen molar-refractivity contribution in [3.05, 3.63) is 17.4 Å². The molecule has 0 aromatic carbocycles. The molecule has 10 heteroatoms. The highest BCUT2D eigenvalue weighted by Crippen LogP contribution is 2.44. The molecular weight excluding hydrogens is 500 g/mol. The Morgan fingerprint density at radius 3 is 2.57 bits per heavy atom. The second kappa shape index (κ2) is 9.61. The molecule has 0 bridgehead atoms.